The van der Waals surface area contributed by atoms with Gasteiger partial charge >= 0.3 is 0 Å². The van der Waals surface area contributed by atoms with E-state index in [2.05, 4.69) is 20.2 Å². The minimum atomic E-state index is -0.665. The van der Waals surface area contributed by atoms with Gasteiger partial charge in [0.2, 0.25) is 5.78 Å². The normalized spacial score (nSPS) is 11.0. The molecule has 0 saturated carbocycles. The van der Waals surface area contributed by atoms with Gasteiger partial charge in [-0.15, -0.1) is 10.2 Å². The van der Waals surface area contributed by atoms with Crippen LogP contribution in [0.2, 0.25) is 5.02 Å². The van der Waals surface area contributed by atoms with E-state index in [-0.39, 0.29) is 29.6 Å². The molecule has 0 saturated heterocycles. The van der Waals surface area contributed by atoms with Gasteiger partial charge in [-0.3, -0.25) is 9.59 Å². The first kappa shape index (κ1) is 21.4. The molecular formula is C24H16ClN5O4. The van der Waals surface area contributed by atoms with E-state index < -0.39 is 5.91 Å². The number of H-pyrrole nitrogens is 1. The topological polar surface area (TPSA) is 133 Å². The van der Waals surface area contributed by atoms with E-state index in [0.717, 1.165) is 10.8 Å². The van der Waals surface area contributed by atoms with Crippen LogP contribution in [0.1, 0.15) is 20.7 Å². The number of aromatic amines is 1. The zero-order chi connectivity index (χ0) is 23.7. The second-order valence-corrected chi connectivity index (χ2v) is 7.81. The number of carbonyl (C=O) groups is 2. The molecular weight excluding hydrogens is 458 g/mol. The Balaban J connectivity index is 1.37. The number of fused-ring (bicyclic) bond motifs is 2. The highest BCUT2D eigenvalue weighted by molar-refractivity contribution is 6.31. The summed E-state index contributed by atoms with van der Waals surface area (Å²) in [5, 5.41) is 10.3. The second kappa shape index (κ2) is 8.80. The van der Waals surface area contributed by atoms with E-state index in [9.17, 15) is 9.59 Å². The van der Waals surface area contributed by atoms with Gasteiger partial charge in [0.25, 0.3) is 11.8 Å². The number of halogens is 1. The zero-order valence-electron chi connectivity index (χ0n) is 17.5. The monoisotopic (exact) mass is 473 g/mol. The van der Waals surface area contributed by atoms with Crippen molar-refractivity contribution in [2.45, 2.75) is 0 Å². The Bertz CT molecular complexity index is 1550. The second-order valence-electron chi connectivity index (χ2n) is 7.38. The third kappa shape index (κ3) is 4.24. The van der Waals surface area contributed by atoms with E-state index in [1.807, 2.05) is 0 Å². The van der Waals surface area contributed by atoms with Crippen molar-refractivity contribution in [3.8, 4) is 17.4 Å². The van der Waals surface area contributed by atoms with E-state index >= 15 is 0 Å². The molecule has 0 spiro atoms. The molecule has 9 nitrogen and oxygen atoms in total. The predicted octanol–water partition coefficient (Wildman–Crippen LogP) is 4.31. The summed E-state index contributed by atoms with van der Waals surface area (Å²) in [6.07, 6.45) is 4.35. The molecule has 2 heterocycles. The first-order chi connectivity index (χ1) is 16.5. The highest BCUT2D eigenvalue weighted by Crippen LogP contribution is 2.29. The van der Waals surface area contributed by atoms with Crippen molar-refractivity contribution < 1.29 is 19.1 Å². The third-order valence-corrected chi connectivity index (χ3v) is 5.40. The molecule has 3 aromatic carbocycles. The van der Waals surface area contributed by atoms with Gasteiger partial charge in [0.05, 0.1) is 11.8 Å². The van der Waals surface area contributed by atoms with Crippen LogP contribution in [-0.4, -0.2) is 38.5 Å². The molecule has 0 fully saturated rings. The number of hydrogen-bond donors (Lipinski definition) is 2. The number of amides is 1. The minimum absolute atomic E-state index is 0.168. The van der Waals surface area contributed by atoms with Gasteiger partial charge in [-0.1, -0.05) is 17.7 Å². The van der Waals surface area contributed by atoms with Crippen molar-refractivity contribution in [1.29, 1.82) is 0 Å². The lowest BCUT2D eigenvalue weighted by Gasteiger charge is -2.11. The molecule has 1 amide bonds. The largest absolute Gasteiger partial charge is 0.485 e. The molecule has 0 atom stereocenters. The summed E-state index contributed by atoms with van der Waals surface area (Å²) in [5.74, 6) is 0.0472. The molecule has 0 aliphatic heterocycles. The number of ketones is 1. The number of nitrogens with zero attached hydrogens (tertiary/aromatic N) is 3. The number of Topliss-reactive ketones (excluding diaryl/α,β-unsaturated/α-hetero) is 1. The van der Waals surface area contributed by atoms with Gasteiger partial charge in [-0.2, -0.15) is 0 Å². The maximum Gasteiger partial charge on any atom is 0.257 e. The quantitative estimate of drug-likeness (QED) is 0.336. The molecule has 5 aromatic rings. The van der Waals surface area contributed by atoms with E-state index in [0.29, 0.717) is 27.2 Å². The highest BCUT2D eigenvalue weighted by atomic mass is 35.5. The molecule has 0 bridgehead atoms. The Morgan fingerprint density at radius 1 is 1.03 bits per heavy atom. The summed E-state index contributed by atoms with van der Waals surface area (Å²) in [6, 6.07) is 13.7. The van der Waals surface area contributed by atoms with Crippen molar-refractivity contribution in [2.24, 2.45) is 5.73 Å². The van der Waals surface area contributed by atoms with Gasteiger partial charge in [-0.25, -0.2) is 4.98 Å². The average molecular weight is 474 g/mol. The number of carbonyl (C=O) groups excluding carboxylic acids is 2. The first-order valence-electron chi connectivity index (χ1n) is 10.1. The van der Waals surface area contributed by atoms with Crippen molar-refractivity contribution in [2.75, 3.05) is 6.61 Å². The molecule has 3 N–H and O–H groups in total. The molecule has 0 unspecified atom stereocenters. The third-order valence-electron chi connectivity index (χ3n) is 5.16. The maximum absolute atomic E-state index is 12.9. The summed E-state index contributed by atoms with van der Waals surface area (Å²) in [4.78, 5) is 31.8. The lowest BCUT2D eigenvalue weighted by molar-refractivity contribution is 0.0914. The van der Waals surface area contributed by atoms with Gasteiger partial charge in [0, 0.05) is 33.8 Å². The van der Waals surface area contributed by atoms with Gasteiger partial charge in [-0.05, 0) is 47.2 Å². The van der Waals surface area contributed by atoms with E-state index in [1.165, 1.54) is 12.5 Å². The van der Waals surface area contributed by atoms with Crippen LogP contribution >= 0.6 is 11.6 Å². The van der Waals surface area contributed by atoms with Crippen molar-refractivity contribution in [3.05, 3.63) is 83.4 Å². The van der Waals surface area contributed by atoms with Crippen LogP contribution < -0.4 is 15.2 Å². The van der Waals surface area contributed by atoms with E-state index in [4.69, 9.17) is 26.8 Å². The zero-order valence-corrected chi connectivity index (χ0v) is 18.2. The smallest absolute Gasteiger partial charge is 0.257 e. The molecule has 168 valence electrons. The number of ether oxygens (including phenoxy) is 2. The Morgan fingerprint density at radius 2 is 1.91 bits per heavy atom. The number of nitrogens with one attached hydrogen (secondary N) is 1. The lowest BCUT2D eigenvalue weighted by Crippen LogP contribution is -2.16. The number of rotatable bonds is 7. The number of primary amides is 1. The summed E-state index contributed by atoms with van der Waals surface area (Å²) >= 11 is 6.04. The molecule has 5 rings (SSSR count). The number of benzene rings is 3. The number of hydrogen-bond acceptors (Lipinski definition) is 7. The molecule has 0 radical (unpaired) electrons. The Hall–Kier alpha value is -4.50. The Kier molecular flexibility index (Phi) is 5.52. The first-order valence-corrected chi connectivity index (χ1v) is 10.5. The SMILES string of the molecule is NC(=O)c1cc2cc(Cl)ccc2cc1OCC(=O)c1c[nH]c2cc(Oc3cncnn3)ccc12. The van der Waals surface area contributed by atoms with Crippen molar-refractivity contribution in [3.63, 3.8) is 0 Å². The van der Waals surface area contributed by atoms with Crippen LogP contribution in [0.25, 0.3) is 21.7 Å². The van der Waals surface area contributed by atoms with Gasteiger partial charge in [0.1, 0.15) is 17.8 Å². The predicted molar refractivity (Wildman–Crippen MR) is 126 cm³/mol. The van der Waals surface area contributed by atoms with Crippen LogP contribution in [0.4, 0.5) is 0 Å². The molecule has 0 aliphatic rings. The van der Waals surface area contributed by atoms with Crippen LogP contribution in [0.5, 0.6) is 17.4 Å². The average Bonchev–Trinajstić information content (AvgIpc) is 3.26. The lowest BCUT2D eigenvalue weighted by atomic mass is 10.1. The fraction of sp³-hybridized carbons (Fsp3) is 0.0417. The molecule has 0 aliphatic carbocycles. The van der Waals surface area contributed by atoms with Crippen molar-refractivity contribution >= 4 is 45.0 Å². The standard InChI is InChI=1S/C24H16ClN5O4/c25-15-2-1-13-7-22(18(24(26)32)6-14(13)5-15)33-11-21(31)19-9-28-20-8-16(3-4-17(19)20)34-23-10-27-12-29-30-23/h1-10,12,28H,11H2,(H2,26,32). The molecule has 34 heavy (non-hydrogen) atoms. The summed E-state index contributed by atoms with van der Waals surface area (Å²) < 4.78 is 11.4. The maximum atomic E-state index is 12.9. The van der Waals surface area contributed by atoms with E-state index in [1.54, 1.807) is 54.7 Å². The number of nitrogens with two attached hydrogens (primary N) is 1. The Labute approximate surface area is 197 Å². The fourth-order valence-electron chi connectivity index (χ4n) is 3.58. The van der Waals surface area contributed by atoms with Gasteiger partial charge < -0.3 is 20.2 Å². The summed E-state index contributed by atoms with van der Waals surface area (Å²) in [6.45, 7) is -0.282. The number of aromatic nitrogens is 4. The molecule has 2 aromatic heterocycles. The van der Waals surface area contributed by atoms with Gasteiger partial charge in [0.15, 0.2) is 6.61 Å². The summed E-state index contributed by atoms with van der Waals surface area (Å²) in [5.41, 5.74) is 6.82. The fourth-order valence-corrected chi connectivity index (χ4v) is 3.76. The highest BCUT2D eigenvalue weighted by Gasteiger charge is 2.17. The minimum Gasteiger partial charge on any atom is -0.485 e. The Morgan fingerprint density at radius 3 is 2.71 bits per heavy atom. The van der Waals surface area contributed by atoms with Crippen LogP contribution in [-0.2, 0) is 0 Å². The van der Waals surface area contributed by atoms with Crippen molar-refractivity contribution in [1.82, 2.24) is 20.2 Å². The van der Waals surface area contributed by atoms with Crippen LogP contribution in [0, 0.1) is 0 Å². The summed E-state index contributed by atoms with van der Waals surface area (Å²) in [7, 11) is 0. The van der Waals surface area contributed by atoms with Crippen LogP contribution in [0.15, 0.2) is 67.3 Å². The molecule has 10 heteroatoms. The van der Waals surface area contributed by atoms with Crippen LogP contribution in [0.3, 0.4) is 0 Å².